The molecule has 0 atom stereocenters. The van der Waals surface area contributed by atoms with Gasteiger partial charge < -0.3 is 19.5 Å². The summed E-state index contributed by atoms with van der Waals surface area (Å²) < 4.78 is 16.5. The van der Waals surface area contributed by atoms with Crippen molar-refractivity contribution in [2.75, 3.05) is 20.8 Å². The molecule has 0 unspecified atom stereocenters. The van der Waals surface area contributed by atoms with Gasteiger partial charge >= 0.3 is 0 Å². The minimum Gasteiger partial charge on any atom is -0.493 e. The molecule has 0 heterocycles. The zero-order chi connectivity index (χ0) is 20.5. The number of benzene rings is 3. The van der Waals surface area contributed by atoms with Crippen molar-refractivity contribution in [1.82, 2.24) is 5.32 Å². The highest BCUT2D eigenvalue weighted by molar-refractivity contribution is 6.31. The fourth-order valence-electron chi connectivity index (χ4n) is 3.02. The van der Waals surface area contributed by atoms with Crippen LogP contribution in [0.15, 0.2) is 66.7 Å². The maximum Gasteiger partial charge on any atom is 0.160 e. The number of rotatable bonds is 10. The summed E-state index contributed by atoms with van der Waals surface area (Å²) in [6.45, 7) is 2.09. The van der Waals surface area contributed by atoms with E-state index >= 15 is 0 Å². The van der Waals surface area contributed by atoms with Gasteiger partial charge in [0.15, 0.2) is 11.5 Å². The molecule has 0 bridgehead atoms. The van der Waals surface area contributed by atoms with Crippen molar-refractivity contribution in [3.63, 3.8) is 0 Å². The number of hydrogen-bond donors (Lipinski definition) is 1. The smallest absolute Gasteiger partial charge is 0.160 e. The van der Waals surface area contributed by atoms with Crippen LogP contribution in [0.4, 0.5) is 0 Å². The van der Waals surface area contributed by atoms with Crippen LogP contribution in [0.2, 0.25) is 5.02 Å². The Morgan fingerprint density at radius 1 is 0.833 bits per heavy atom. The third kappa shape index (κ3) is 6.84. The quantitative estimate of drug-likeness (QED) is 0.405. The topological polar surface area (TPSA) is 39.7 Å². The summed E-state index contributed by atoms with van der Waals surface area (Å²) in [5, 5.41) is 4.20. The lowest BCUT2D eigenvalue weighted by atomic mass is 10.1. The zero-order valence-electron chi connectivity index (χ0n) is 17.2. The predicted molar refractivity (Wildman–Crippen MR) is 124 cm³/mol. The van der Waals surface area contributed by atoms with Crippen LogP contribution in [-0.2, 0) is 19.6 Å². The fraction of sp³-hybridized carbons (Fsp3) is 0.250. The number of ether oxygens (including phenoxy) is 3. The average Bonchev–Trinajstić information content (AvgIpc) is 2.76. The van der Waals surface area contributed by atoms with Crippen LogP contribution in [0.3, 0.4) is 0 Å². The van der Waals surface area contributed by atoms with E-state index in [1.807, 2.05) is 48.5 Å². The van der Waals surface area contributed by atoms with E-state index in [9.17, 15) is 0 Å². The van der Waals surface area contributed by atoms with E-state index in [1.54, 1.807) is 14.2 Å². The Kier molecular flexibility index (Phi) is 9.81. The van der Waals surface area contributed by atoms with Crippen LogP contribution in [0.1, 0.15) is 16.7 Å². The summed E-state index contributed by atoms with van der Waals surface area (Å²) in [6.07, 6.45) is 0.906. The van der Waals surface area contributed by atoms with Crippen molar-refractivity contribution in [3.8, 4) is 17.2 Å². The second-order valence-corrected chi connectivity index (χ2v) is 7.05. The molecule has 3 aromatic rings. The molecule has 0 fully saturated rings. The molecule has 0 aliphatic carbocycles. The lowest BCUT2D eigenvalue weighted by molar-refractivity contribution is 0.306. The van der Waals surface area contributed by atoms with E-state index < -0.39 is 0 Å². The zero-order valence-corrected chi connectivity index (χ0v) is 18.8. The maximum atomic E-state index is 6.19. The summed E-state index contributed by atoms with van der Waals surface area (Å²) >= 11 is 6.19. The van der Waals surface area contributed by atoms with E-state index in [1.165, 1.54) is 11.1 Å². The van der Waals surface area contributed by atoms with Gasteiger partial charge in [-0.15, -0.1) is 12.4 Å². The minimum atomic E-state index is 0. The first-order valence-corrected chi connectivity index (χ1v) is 9.94. The molecule has 0 saturated heterocycles. The van der Waals surface area contributed by atoms with Crippen LogP contribution in [0, 0.1) is 0 Å². The first kappa shape index (κ1) is 23.9. The molecular formula is C24H27Cl2NO3. The molecule has 0 aromatic heterocycles. The minimum absolute atomic E-state index is 0. The molecule has 0 aliphatic heterocycles. The first-order valence-electron chi connectivity index (χ1n) is 9.56. The lowest BCUT2D eigenvalue weighted by Crippen LogP contribution is -2.16. The molecule has 160 valence electrons. The van der Waals surface area contributed by atoms with Gasteiger partial charge in [0.05, 0.1) is 14.2 Å². The molecule has 30 heavy (non-hydrogen) atoms. The second-order valence-electron chi connectivity index (χ2n) is 6.64. The van der Waals surface area contributed by atoms with Crippen molar-refractivity contribution < 1.29 is 14.2 Å². The highest BCUT2D eigenvalue weighted by atomic mass is 35.5. The number of halogens is 2. The van der Waals surface area contributed by atoms with Crippen LogP contribution < -0.4 is 19.5 Å². The van der Waals surface area contributed by atoms with Crippen LogP contribution in [-0.4, -0.2) is 20.8 Å². The summed E-state index contributed by atoms with van der Waals surface area (Å²) in [7, 11) is 3.30. The van der Waals surface area contributed by atoms with Gasteiger partial charge in [-0.25, -0.2) is 0 Å². The van der Waals surface area contributed by atoms with E-state index in [0.717, 1.165) is 47.3 Å². The van der Waals surface area contributed by atoms with E-state index in [4.69, 9.17) is 25.8 Å². The maximum absolute atomic E-state index is 6.19. The molecule has 6 heteroatoms. The molecular weight excluding hydrogens is 421 g/mol. The van der Waals surface area contributed by atoms with Crippen molar-refractivity contribution in [2.24, 2.45) is 0 Å². The van der Waals surface area contributed by atoms with E-state index in [0.29, 0.717) is 6.61 Å². The summed E-state index contributed by atoms with van der Waals surface area (Å²) in [4.78, 5) is 0. The third-order valence-electron chi connectivity index (χ3n) is 4.62. The Hall–Kier alpha value is -2.40. The van der Waals surface area contributed by atoms with E-state index in [-0.39, 0.29) is 12.4 Å². The summed E-state index contributed by atoms with van der Waals surface area (Å²) in [5.74, 6) is 2.34. The monoisotopic (exact) mass is 447 g/mol. The van der Waals surface area contributed by atoms with Gasteiger partial charge in [-0.05, 0) is 54.4 Å². The van der Waals surface area contributed by atoms with Gasteiger partial charge in [-0.3, -0.25) is 0 Å². The molecule has 4 nitrogen and oxygen atoms in total. The van der Waals surface area contributed by atoms with Gasteiger partial charge in [-0.1, -0.05) is 48.0 Å². The molecule has 0 amide bonds. The van der Waals surface area contributed by atoms with Crippen LogP contribution >= 0.6 is 24.0 Å². The molecule has 1 N–H and O–H groups in total. The Morgan fingerprint density at radius 2 is 1.63 bits per heavy atom. The molecule has 0 saturated carbocycles. The van der Waals surface area contributed by atoms with Crippen molar-refractivity contribution in [3.05, 3.63) is 88.4 Å². The normalized spacial score (nSPS) is 10.2. The molecule has 0 radical (unpaired) electrons. The number of methoxy groups -OCH3 is 2. The second kappa shape index (κ2) is 12.3. The van der Waals surface area contributed by atoms with Crippen LogP contribution in [0.25, 0.3) is 0 Å². The summed E-state index contributed by atoms with van der Waals surface area (Å²) in [5.41, 5.74) is 3.36. The average molecular weight is 448 g/mol. The molecule has 0 aliphatic rings. The van der Waals surface area contributed by atoms with Crippen LogP contribution in [0.5, 0.6) is 17.2 Å². The first-order chi connectivity index (χ1) is 14.2. The van der Waals surface area contributed by atoms with Gasteiger partial charge in [0.1, 0.15) is 12.4 Å². The van der Waals surface area contributed by atoms with Gasteiger partial charge in [0, 0.05) is 17.1 Å². The predicted octanol–water partition coefficient (Wildman–Crippen LogP) is 5.69. The Morgan fingerprint density at radius 3 is 2.40 bits per heavy atom. The van der Waals surface area contributed by atoms with Crippen molar-refractivity contribution >= 4 is 24.0 Å². The van der Waals surface area contributed by atoms with E-state index in [2.05, 4.69) is 23.5 Å². The summed E-state index contributed by atoms with van der Waals surface area (Å²) in [6, 6.07) is 21.9. The molecule has 3 aromatic carbocycles. The Labute approximate surface area is 189 Å². The van der Waals surface area contributed by atoms with Crippen molar-refractivity contribution in [1.29, 1.82) is 0 Å². The highest BCUT2D eigenvalue weighted by Crippen LogP contribution is 2.27. The SMILES string of the molecule is COc1ccc(CCNCc2cccc(OCc3ccccc3Cl)c2)cc1OC.Cl. The van der Waals surface area contributed by atoms with Gasteiger partial charge in [0.2, 0.25) is 0 Å². The standard InChI is InChI=1S/C24H26ClNO3.ClH/c1-27-23-11-10-18(15-24(23)28-2)12-13-26-16-19-6-5-8-21(14-19)29-17-20-7-3-4-9-22(20)25;/h3-11,14-15,26H,12-13,16-17H2,1-2H3;1H. The Balaban J connectivity index is 0.00000320. The Bertz CT molecular complexity index is 934. The molecule has 3 rings (SSSR count). The number of hydrogen-bond acceptors (Lipinski definition) is 4. The van der Waals surface area contributed by atoms with Gasteiger partial charge in [-0.2, -0.15) is 0 Å². The highest BCUT2D eigenvalue weighted by Gasteiger charge is 2.05. The van der Waals surface area contributed by atoms with Gasteiger partial charge in [0.25, 0.3) is 0 Å². The third-order valence-corrected chi connectivity index (χ3v) is 4.99. The fourth-order valence-corrected chi connectivity index (χ4v) is 3.21. The van der Waals surface area contributed by atoms with Crippen molar-refractivity contribution in [2.45, 2.75) is 19.6 Å². The lowest BCUT2D eigenvalue weighted by Gasteiger charge is -2.11. The number of nitrogens with one attached hydrogen (secondary N) is 1. The largest absolute Gasteiger partial charge is 0.493 e. The molecule has 0 spiro atoms.